The molecule has 0 saturated carbocycles. The van der Waals surface area contributed by atoms with Crippen LogP contribution in [0.2, 0.25) is 0 Å². The number of carbonyl (C=O) groups excluding carboxylic acids is 10. The molecule has 0 fully saturated rings. The first kappa shape index (κ1) is 61.0. The minimum absolute atomic E-state index is 0.000163. The molecule has 0 aromatic heterocycles. The highest BCUT2D eigenvalue weighted by Gasteiger charge is 2.40. The van der Waals surface area contributed by atoms with Gasteiger partial charge in [-0.1, -0.05) is 41.5 Å². The van der Waals surface area contributed by atoms with Crippen molar-refractivity contribution in [2.45, 2.75) is 174 Å². The molecule has 0 bridgehead atoms. The highest BCUT2D eigenvalue weighted by Crippen LogP contribution is 2.14. The fourth-order valence-electron chi connectivity index (χ4n) is 6.21. The van der Waals surface area contributed by atoms with Crippen LogP contribution in [0.4, 0.5) is 0 Å². The number of carbonyl (C=O) groups is 10. The number of primary amides is 2. The van der Waals surface area contributed by atoms with E-state index in [9.17, 15) is 53.1 Å². The fraction of sp³-hybridized carbons (Fsp3) is 0.767. The van der Waals surface area contributed by atoms with Crippen LogP contribution in [0.15, 0.2) is 0 Å². The van der Waals surface area contributed by atoms with Gasteiger partial charge >= 0.3 is 0 Å². The molecule has 15 N–H and O–H groups in total. The quantitative estimate of drug-likeness (QED) is 0.0373. The van der Waals surface area contributed by atoms with Crippen molar-refractivity contribution in [1.82, 2.24) is 42.5 Å². The van der Waals surface area contributed by atoms with Crippen molar-refractivity contribution in [2.75, 3.05) is 18.6 Å². The molecule has 0 rings (SSSR count). The molecule has 6 atom stereocenters. The lowest BCUT2D eigenvalue weighted by molar-refractivity contribution is -0.139. The summed E-state index contributed by atoms with van der Waals surface area (Å²) in [7, 11) is 0. The number of nitrogens with two attached hydrogens (primary N) is 3. The molecule has 0 spiro atoms. The molecule has 23 heteroatoms. The number of aliphatic hydroxyl groups is 1. The van der Waals surface area contributed by atoms with Crippen molar-refractivity contribution in [3.8, 4) is 0 Å². The van der Waals surface area contributed by atoms with Crippen molar-refractivity contribution in [3.63, 3.8) is 0 Å². The van der Waals surface area contributed by atoms with Gasteiger partial charge in [0, 0.05) is 6.42 Å². The molecule has 22 nitrogen and oxygen atoms in total. The van der Waals surface area contributed by atoms with Crippen molar-refractivity contribution in [3.05, 3.63) is 0 Å². The van der Waals surface area contributed by atoms with Gasteiger partial charge in [-0.05, 0) is 103 Å². The smallest absolute Gasteiger partial charge is 0.245 e. The maximum absolute atomic E-state index is 13.9. The average Bonchev–Trinajstić information content (AvgIpc) is 3.17. The minimum Gasteiger partial charge on any atom is -0.394 e. The number of nitrogens with one attached hydrogen (secondary N) is 8. The van der Waals surface area contributed by atoms with E-state index in [-0.39, 0.29) is 49.9 Å². The number of hydrogen-bond donors (Lipinski definition) is 12. The monoisotopic (exact) mass is 958 g/mol. The first-order valence-electron chi connectivity index (χ1n) is 22.1. The number of thioether (sulfide) groups is 1. The summed E-state index contributed by atoms with van der Waals surface area (Å²) in [4.78, 5) is 131. The van der Waals surface area contributed by atoms with E-state index in [0.29, 0.717) is 12.2 Å². The molecule has 0 aliphatic carbocycles. The number of hydrogen-bond acceptors (Lipinski definition) is 13. The Bertz CT molecular complexity index is 1720. The molecule has 378 valence electrons. The van der Waals surface area contributed by atoms with Gasteiger partial charge in [-0.15, -0.1) is 0 Å². The summed E-state index contributed by atoms with van der Waals surface area (Å²) < 4.78 is 0. The van der Waals surface area contributed by atoms with Crippen LogP contribution < -0.4 is 59.7 Å². The van der Waals surface area contributed by atoms with Crippen LogP contribution in [-0.4, -0.2) is 136 Å². The number of amides is 10. The Hall–Kier alpha value is -5.03. The molecule has 10 amide bonds. The predicted octanol–water partition coefficient (Wildman–Crippen LogP) is -1.94. The molecular formula is C43H79N11O11S. The van der Waals surface area contributed by atoms with E-state index in [1.54, 1.807) is 20.1 Å². The van der Waals surface area contributed by atoms with Gasteiger partial charge in [0.05, 0.1) is 12.6 Å². The predicted molar refractivity (Wildman–Crippen MR) is 250 cm³/mol. The molecule has 0 aliphatic heterocycles. The Morgan fingerprint density at radius 2 is 0.864 bits per heavy atom. The Kier molecular flexibility index (Phi) is 25.5. The lowest BCUT2D eigenvalue weighted by Crippen LogP contribution is -2.65. The maximum atomic E-state index is 13.9. The molecular weight excluding hydrogens is 879 g/mol. The normalized spacial score (nSPS) is 14.7. The largest absolute Gasteiger partial charge is 0.394 e. The lowest BCUT2D eigenvalue weighted by atomic mass is 9.98. The second kappa shape index (κ2) is 27.6. The molecule has 0 aromatic rings. The van der Waals surface area contributed by atoms with E-state index in [1.807, 2.05) is 27.7 Å². The van der Waals surface area contributed by atoms with Crippen LogP contribution in [0.5, 0.6) is 0 Å². The van der Waals surface area contributed by atoms with Gasteiger partial charge in [-0.2, -0.15) is 11.8 Å². The fourth-order valence-corrected chi connectivity index (χ4v) is 6.68. The van der Waals surface area contributed by atoms with E-state index in [1.165, 1.54) is 53.3 Å². The molecule has 0 aliphatic rings. The first-order chi connectivity index (χ1) is 30.2. The van der Waals surface area contributed by atoms with Crippen molar-refractivity contribution < 1.29 is 53.1 Å². The van der Waals surface area contributed by atoms with Crippen LogP contribution in [0, 0.1) is 17.8 Å². The summed E-state index contributed by atoms with van der Waals surface area (Å²) in [6, 6.07) is -7.42. The van der Waals surface area contributed by atoms with Crippen molar-refractivity contribution in [2.24, 2.45) is 35.0 Å². The third kappa shape index (κ3) is 22.0. The summed E-state index contributed by atoms with van der Waals surface area (Å²) in [5.74, 6) is -7.66. The van der Waals surface area contributed by atoms with Gasteiger partial charge in [-0.3, -0.25) is 47.9 Å². The summed E-state index contributed by atoms with van der Waals surface area (Å²) in [6.45, 7) is 18.3. The van der Waals surface area contributed by atoms with Crippen LogP contribution in [-0.2, 0) is 47.9 Å². The van der Waals surface area contributed by atoms with Gasteiger partial charge in [0.15, 0.2) is 0 Å². The number of aliphatic hydroxyl groups excluding tert-OH is 1. The Labute approximate surface area is 393 Å². The Balaban J connectivity index is 6.25. The number of rotatable bonds is 30. The minimum atomic E-state index is -1.74. The van der Waals surface area contributed by atoms with E-state index in [0.717, 1.165) is 0 Å². The zero-order chi connectivity index (χ0) is 51.5. The maximum Gasteiger partial charge on any atom is 0.245 e. The van der Waals surface area contributed by atoms with E-state index >= 15 is 0 Å². The highest BCUT2D eigenvalue weighted by atomic mass is 32.2. The second-order valence-electron chi connectivity index (χ2n) is 19.4. The van der Waals surface area contributed by atoms with E-state index in [4.69, 9.17) is 17.2 Å². The van der Waals surface area contributed by atoms with Gasteiger partial charge in [0.2, 0.25) is 59.1 Å². The van der Waals surface area contributed by atoms with Crippen LogP contribution in [0.25, 0.3) is 0 Å². The molecule has 66 heavy (non-hydrogen) atoms. The van der Waals surface area contributed by atoms with Crippen LogP contribution >= 0.6 is 11.8 Å². The van der Waals surface area contributed by atoms with Gasteiger partial charge < -0.3 is 64.8 Å². The molecule has 0 heterocycles. The zero-order valence-corrected chi connectivity index (χ0v) is 41.8. The lowest BCUT2D eigenvalue weighted by Gasteiger charge is -2.32. The highest BCUT2D eigenvalue weighted by molar-refractivity contribution is 7.98. The van der Waals surface area contributed by atoms with E-state index in [2.05, 4.69) is 42.5 Å². The standard InChI is InChI=1S/C43H79N11O11S/c1-22(2)18-25(44)33(58)52-41(7,8)40(65)51-30(21-55)37(62)54-43(11,12)39(64)50-29(20-24(5)6)35(60)48-27(16-17-66-13)34(59)47-26(14-15-31(45)56)36(61)53-42(9,10)38(63)49-28(32(46)57)19-23(3)4/h22-30,55H,14-21,44H2,1-13H3,(H2,45,56)(H2,46,57)(H,47,59)(H,48,60)(H,49,63)(H,50,64)(H,51,65)(H,52,58)(H,53,61)(H,54,62)/t25-,26-,27-,28-,29-,30-/m0/s1. The molecule has 0 radical (unpaired) electrons. The molecule has 0 unspecified atom stereocenters. The SMILES string of the molecule is CSCC[C@H](NC(=O)[C@H](CC(C)C)NC(=O)C(C)(C)NC(=O)[C@H](CO)NC(=O)C(C)(C)NC(=O)[C@@H](N)CC(C)C)C(=O)N[C@@H](CCC(N)=O)C(=O)NC(C)(C)C(=O)N[C@@H](CC(C)C)C(N)=O. The van der Waals surface area contributed by atoms with Crippen molar-refractivity contribution in [1.29, 1.82) is 0 Å². The first-order valence-corrected chi connectivity index (χ1v) is 23.5. The topological polar surface area (TPSA) is 365 Å². The van der Waals surface area contributed by atoms with Gasteiger partial charge in [-0.25, -0.2) is 0 Å². The average molecular weight is 958 g/mol. The second-order valence-corrected chi connectivity index (χ2v) is 20.4. The summed E-state index contributed by atoms with van der Waals surface area (Å²) in [6.07, 6.45) is 1.89. The Morgan fingerprint density at radius 1 is 0.500 bits per heavy atom. The van der Waals surface area contributed by atoms with Crippen LogP contribution in [0.3, 0.4) is 0 Å². The van der Waals surface area contributed by atoms with Crippen molar-refractivity contribution >= 4 is 70.8 Å². The summed E-state index contributed by atoms with van der Waals surface area (Å²) in [5.41, 5.74) is 11.9. The third-order valence-electron chi connectivity index (χ3n) is 10.1. The van der Waals surface area contributed by atoms with E-state index < -0.39 is 119 Å². The van der Waals surface area contributed by atoms with Gasteiger partial charge in [0.25, 0.3) is 0 Å². The van der Waals surface area contributed by atoms with Gasteiger partial charge in [0.1, 0.15) is 46.8 Å². The summed E-state index contributed by atoms with van der Waals surface area (Å²) in [5, 5.41) is 30.4. The van der Waals surface area contributed by atoms with Crippen LogP contribution in [0.1, 0.15) is 122 Å². The molecule has 0 saturated heterocycles. The third-order valence-corrected chi connectivity index (χ3v) is 10.8. The zero-order valence-electron chi connectivity index (χ0n) is 41.0. The molecule has 0 aromatic carbocycles. The Morgan fingerprint density at radius 3 is 1.26 bits per heavy atom. The summed E-state index contributed by atoms with van der Waals surface area (Å²) >= 11 is 1.36.